The van der Waals surface area contributed by atoms with Crippen molar-refractivity contribution in [2.45, 2.75) is 45.1 Å². The molecule has 3 aromatic heterocycles. The van der Waals surface area contributed by atoms with Gasteiger partial charge in [-0.3, -0.25) is 9.78 Å². The smallest absolute Gasteiger partial charge is 0.251 e. The summed E-state index contributed by atoms with van der Waals surface area (Å²) in [6, 6.07) is 8.19. The van der Waals surface area contributed by atoms with Crippen molar-refractivity contribution in [3.63, 3.8) is 0 Å². The van der Waals surface area contributed by atoms with Gasteiger partial charge in [-0.05, 0) is 56.4 Å². The summed E-state index contributed by atoms with van der Waals surface area (Å²) in [5.41, 5.74) is 3.89. The third kappa shape index (κ3) is 3.79. The zero-order valence-corrected chi connectivity index (χ0v) is 16.7. The quantitative estimate of drug-likeness (QED) is 0.642. The predicted octanol–water partition coefficient (Wildman–Crippen LogP) is 3.83. The molecule has 0 bridgehead atoms. The molecule has 2 saturated carbocycles. The zero-order chi connectivity index (χ0) is 20.0. The Bertz CT molecular complexity index is 1100. The van der Waals surface area contributed by atoms with Crippen LogP contribution in [0.2, 0.25) is 0 Å². The minimum absolute atomic E-state index is 0.0178. The fraction of sp³-hybridized carbons (Fsp3) is 0.391. The molecule has 0 N–H and O–H groups in total. The van der Waals surface area contributed by atoms with Crippen molar-refractivity contribution in [1.82, 2.24) is 19.5 Å². The maximum atomic E-state index is 12.4. The largest absolute Gasteiger partial charge is 0.477 e. The maximum Gasteiger partial charge on any atom is 0.251 e. The van der Waals surface area contributed by atoms with Gasteiger partial charge in [-0.2, -0.15) is 4.98 Å². The van der Waals surface area contributed by atoms with Crippen molar-refractivity contribution in [2.24, 2.45) is 5.92 Å². The lowest BCUT2D eigenvalue weighted by Crippen LogP contribution is -2.17. The molecule has 148 valence electrons. The Balaban J connectivity index is 1.33. The lowest BCUT2D eigenvalue weighted by molar-refractivity contribution is 0.285. The molecule has 0 aliphatic heterocycles. The molecule has 6 nitrogen and oxygen atoms in total. The van der Waals surface area contributed by atoms with Crippen LogP contribution in [0.25, 0.3) is 11.1 Å². The second kappa shape index (κ2) is 7.10. The molecule has 0 saturated heterocycles. The summed E-state index contributed by atoms with van der Waals surface area (Å²) < 4.78 is 7.92. The van der Waals surface area contributed by atoms with Crippen LogP contribution in [0.15, 0.2) is 47.7 Å². The van der Waals surface area contributed by atoms with E-state index in [1.807, 2.05) is 36.9 Å². The van der Waals surface area contributed by atoms with E-state index in [9.17, 15) is 4.79 Å². The Morgan fingerprint density at radius 3 is 2.72 bits per heavy atom. The summed E-state index contributed by atoms with van der Waals surface area (Å²) in [4.78, 5) is 25.8. The van der Waals surface area contributed by atoms with E-state index < -0.39 is 0 Å². The average Bonchev–Trinajstić information content (AvgIpc) is 3.62. The van der Waals surface area contributed by atoms with Crippen molar-refractivity contribution >= 4 is 0 Å². The van der Waals surface area contributed by atoms with Crippen molar-refractivity contribution in [3.8, 4) is 17.0 Å². The summed E-state index contributed by atoms with van der Waals surface area (Å²) in [7, 11) is 0. The van der Waals surface area contributed by atoms with Gasteiger partial charge in [-0.1, -0.05) is 6.07 Å². The number of aromatic nitrogens is 4. The molecule has 3 heterocycles. The molecule has 0 unspecified atom stereocenters. The van der Waals surface area contributed by atoms with Crippen LogP contribution >= 0.6 is 0 Å². The van der Waals surface area contributed by atoms with Crippen LogP contribution in [-0.2, 0) is 0 Å². The van der Waals surface area contributed by atoms with Crippen LogP contribution in [0.5, 0.6) is 5.88 Å². The van der Waals surface area contributed by atoms with Gasteiger partial charge >= 0.3 is 0 Å². The minimum atomic E-state index is 0.0178. The molecule has 0 amide bonds. The van der Waals surface area contributed by atoms with Crippen molar-refractivity contribution in [2.75, 3.05) is 6.61 Å². The summed E-state index contributed by atoms with van der Waals surface area (Å²) in [5, 5.41) is 0. The molecular weight excluding hydrogens is 364 g/mol. The lowest BCUT2D eigenvalue weighted by Gasteiger charge is -2.12. The van der Waals surface area contributed by atoms with E-state index in [0.29, 0.717) is 36.2 Å². The van der Waals surface area contributed by atoms with Gasteiger partial charge in [0, 0.05) is 48.2 Å². The van der Waals surface area contributed by atoms with Crippen molar-refractivity contribution in [1.29, 1.82) is 0 Å². The highest BCUT2D eigenvalue weighted by atomic mass is 16.5. The van der Waals surface area contributed by atoms with E-state index in [2.05, 4.69) is 27.1 Å². The van der Waals surface area contributed by atoms with Gasteiger partial charge in [0.05, 0.1) is 12.2 Å². The molecular formula is C23H24N4O2. The minimum Gasteiger partial charge on any atom is -0.477 e. The normalized spacial score (nSPS) is 20.5. The van der Waals surface area contributed by atoms with E-state index >= 15 is 0 Å². The van der Waals surface area contributed by atoms with E-state index in [-0.39, 0.29) is 5.56 Å². The highest BCUT2D eigenvalue weighted by molar-refractivity contribution is 5.67. The number of hydrogen-bond acceptors (Lipinski definition) is 5. The standard InChI is InChI=1S/C23H24N4O2/c1-14-3-6-21(25-11-14)19-9-17(19)13-29-23-20(12-24-15(2)26-23)16-7-8-27(18-4-5-18)22(28)10-16/h3,6-8,10-12,17-19H,4-5,9,13H2,1-2H3/t17-,19+/m1/s1. The fourth-order valence-corrected chi connectivity index (χ4v) is 3.75. The lowest BCUT2D eigenvalue weighted by atomic mass is 10.1. The topological polar surface area (TPSA) is 69.9 Å². The fourth-order valence-electron chi connectivity index (χ4n) is 3.75. The Hall–Kier alpha value is -3.02. The molecule has 5 rings (SSSR count). The van der Waals surface area contributed by atoms with Gasteiger partial charge in [0.25, 0.3) is 5.56 Å². The van der Waals surface area contributed by atoms with Gasteiger partial charge < -0.3 is 9.30 Å². The van der Waals surface area contributed by atoms with Crippen LogP contribution in [0.3, 0.4) is 0 Å². The Morgan fingerprint density at radius 2 is 2.00 bits per heavy atom. The van der Waals surface area contributed by atoms with Gasteiger partial charge in [-0.25, -0.2) is 4.98 Å². The number of ether oxygens (including phenoxy) is 1. The number of pyridine rings is 2. The first-order chi connectivity index (χ1) is 14.1. The Kier molecular flexibility index (Phi) is 4.42. The Labute approximate surface area is 169 Å². The third-order valence-corrected chi connectivity index (χ3v) is 5.74. The van der Waals surface area contributed by atoms with Crippen LogP contribution in [-0.4, -0.2) is 26.1 Å². The molecule has 3 aromatic rings. The van der Waals surface area contributed by atoms with Crippen LogP contribution in [0, 0.1) is 19.8 Å². The maximum absolute atomic E-state index is 12.4. The monoisotopic (exact) mass is 388 g/mol. The molecule has 2 aliphatic rings. The molecule has 0 aromatic carbocycles. The second-order valence-electron chi connectivity index (χ2n) is 8.20. The number of aryl methyl sites for hydroxylation is 2. The molecule has 0 radical (unpaired) electrons. The summed E-state index contributed by atoms with van der Waals surface area (Å²) in [6.45, 7) is 4.48. The summed E-state index contributed by atoms with van der Waals surface area (Å²) in [6.07, 6.45) is 8.78. The highest BCUT2D eigenvalue weighted by Gasteiger charge is 2.40. The van der Waals surface area contributed by atoms with Gasteiger partial charge in [0.2, 0.25) is 5.88 Å². The van der Waals surface area contributed by atoms with Gasteiger partial charge in [0.15, 0.2) is 0 Å². The van der Waals surface area contributed by atoms with Crippen LogP contribution in [0.4, 0.5) is 0 Å². The van der Waals surface area contributed by atoms with Gasteiger partial charge in [0.1, 0.15) is 5.82 Å². The highest BCUT2D eigenvalue weighted by Crippen LogP contribution is 2.47. The Morgan fingerprint density at radius 1 is 1.14 bits per heavy atom. The average molecular weight is 388 g/mol. The van der Waals surface area contributed by atoms with Crippen LogP contribution < -0.4 is 10.3 Å². The third-order valence-electron chi connectivity index (χ3n) is 5.74. The first kappa shape index (κ1) is 18.0. The predicted molar refractivity (Wildman–Crippen MR) is 110 cm³/mol. The van der Waals surface area contributed by atoms with Crippen molar-refractivity contribution < 1.29 is 4.74 Å². The molecule has 2 aliphatic carbocycles. The van der Waals surface area contributed by atoms with E-state index in [4.69, 9.17) is 4.74 Å². The van der Waals surface area contributed by atoms with Crippen LogP contribution in [0.1, 0.15) is 48.3 Å². The molecule has 2 atom stereocenters. The number of rotatable bonds is 6. The number of nitrogens with zero attached hydrogens (tertiary/aromatic N) is 4. The van der Waals surface area contributed by atoms with E-state index in [1.165, 1.54) is 5.56 Å². The second-order valence-corrected chi connectivity index (χ2v) is 8.20. The first-order valence-electron chi connectivity index (χ1n) is 10.2. The summed E-state index contributed by atoms with van der Waals surface area (Å²) >= 11 is 0. The van der Waals surface area contributed by atoms with E-state index in [0.717, 1.165) is 36.1 Å². The number of hydrogen-bond donors (Lipinski definition) is 0. The van der Waals surface area contributed by atoms with Gasteiger partial charge in [-0.15, -0.1) is 0 Å². The molecule has 6 heteroatoms. The first-order valence-corrected chi connectivity index (χ1v) is 10.2. The van der Waals surface area contributed by atoms with Crippen molar-refractivity contribution in [3.05, 3.63) is 70.3 Å². The molecule has 0 spiro atoms. The SMILES string of the molecule is Cc1ccc([C@H]2C[C@@H]2COc2nc(C)ncc2-c2ccn(C3CC3)c(=O)c2)nc1. The zero-order valence-electron chi connectivity index (χ0n) is 16.7. The van der Waals surface area contributed by atoms with E-state index in [1.54, 1.807) is 12.3 Å². The molecule has 2 fully saturated rings. The molecule has 29 heavy (non-hydrogen) atoms. The summed E-state index contributed by atoms with van der Waals surface area (Å²) in [5.74, 6) is 2.09.